The predicted molar refractivity (Wildman–Crippen MR) is 142 cm³/mol. The SMILES string of the molecule is CCNC(=NCCNC(C)(C)C)N1CCN(Cc2cc(OC)c(OC)c(OC)c2)CC1.I. The number of piperazine rings is 1. The summed E-state index contributed by atoms with van der Waals surface area (Å²) in [6.45, 7) is 15.8. The van der Waals surface area contributed by atoms with Crippen molar-refractivity contribution in [1.29, 1.82) is 0 Å². The van der Waals surface area contributed by atoms with E-state index in [0.717, 1.165) is 63.9 Å². The Labute approximate surface area is 211 Å². The normalized spacial score (nSPS) is 15.2. The van der Waals surface area contributed by atoms with Gasteiger partial charge in [-0.1, -0.05) is 0 Å². The molecule has 0 bridgehead atoms. The van der Waals surface area contributed by atoms with Gasteiger partial charge in [-0.15, -0.1) is 24.0 Å². The minimum atomic E-state index is 0. The first-order valence-electron chi connectivity index (χ1n) is 11.1. The number of benzene rings is 1. The van der Waals surface area contributed by atoms with Crippen molar-refractivity contribution in [2.45, 2.75) is 39.8 Å². The average molecular weight is 564 g/mol. The van der Waals surface area contributed by atoms with Gasteiger partial charge in [0.25, 0.3) is 0 Å². The van der Waals surface area contributed by atoms with E-state index in [2.05, 4.69) is 48.1 Å². The molecule has 0 unspecified atom stereocenters. The smallest absolute Gasteiger partial charge is 0.203 e. The number of nitrogens with one attached hydrogen (secondary N) is 2. The molecule has 0 amide bonds. The number of rotatable bonds is 9. The summed E-state index contributed by atoms with van der Waals surface area (Å²) in [7, 11) is 4.93. The summed E-state index contributed by atoms with van der Waals surface area (Å²) in [5, 5.41) is 6.93. The molecule has 0 atom stereocenters. The van der Waals surface area contributed by atoms with Gasteiger partial charge in [0, 0.05) is 51.4 Å². The highest BCUT2D eigenvalue weighted by Gasteiger charge is 2.21. The molecule has 0 radical (unpaired) electrons. The van der Waals surface area contributed by atoms with Gasteiger partial charge in [-0.05, 0) is 45.4 Å². The van der Waals surface area contributed by atoms with Gasteiger partial charge in [0.2, 0.25) is 5.75 Å². The lowest BCUT2D eigenvalue weighted by molar-refractivity contribution is 0.172. The van der Waals surface area contributed by atoms with Crippen LogP contribution in [0.2, 0.25) is 0 Å². The number of guanidine groups is 1. The Bertz CT molecular complexity index is 691. The van der Waals surface area contributed by atoms with Crippen molar-refractivity contribution in [2.75, 3.05) is 67.1 Å². The van der Waals surface area contributed by atoms with Crippen LogP contribution in [0.15, 0.2) is 17.1 Å². The van der Waals surface area contributed by atoms with Crippen molar-refractivity contribution in [3.05, 3.63) is 17.7 Å². The topological polar surface area (TPSA) is 70.6 Å². The van der Waals surface area contributed by atoms with Crippen molar-refractivity contribution < 1.29 is 14.2 Å². The summed E-state index contributed by atoms with van der Waals surface area (Å²) in [5.74, 6) is 3.03. The molecule has 1 aliphatic heterocycles. The van der Waals surface area contributed by atoms with E-state index in [0.29, 0.717) is 17.2 Å². The standard InChI is InChI=1S/C23H41N5O3.HI/c1-8-24-22(25-9-10-26-23(2,3)4)28-13-11-27(12-14-28)17-18-15-19(29-5)21(31-7)20(16-18)30-6;/h15-16,26H,8-14,17H2,1-7H3,(H,24,25);1H. The van der Waals surface area contributed by atoms with Crippen LogP contribution in [0.5, 0.6) is 17.2 Å². The summed E-state index contributed by atoms with van der Waals surface area (Å²) >= 11 is 0. The average Bonchev–Trinajstić information content (AvgIpc) is 2.75. The predicted octanol–water partition coefficient (Wildman–Crippen LogP) is 2.80. The summed E-state index contributed by atoms with van der Waals surface area (Å²) in [4.78, 5) is 9.62. The first-order chi connectivity index (χ1) is 14.8. The fourth-order valence-corrected chi connectivity index (χ4v) is 3.62. The molecule has 32 heavy (non-hydrogen) atoms. The maximum atomic E-state index is 5.49. The van der Waals surface area contributed by atoms with Crippen LogP contribution in [-0.4, -0.2) is 88.4 Å². The van der Waals surface area contributed by atoms with Crippen LogP contribution in [0, 0.1) is 0 Å². The van der Waals surface area contributed by atoms with E-state index in [-0.39, 0.29) is 29.5 Å². The molecular formula is C23H42IN5O3. The molecule has 1 saturated heterocycles. The van der Waals surface area contributed by atoms with E-state index in [1.54, 1.807) is 21.3 Å². The van der Waals surface area contributed by atoms with Crippen LogP contribution in [0.1, 0.15) is 33.3 Å². The largest absolute Gasteiger partial charge is 0.493 e. The molecule has 2 N–H and O–H groups in total. The van der Waals surface area contributed by atoms with Gasteiger partial charge >= 0.3 is 0 Å². The number of hydrogen-bond donors (Lipinski definition) is 2. The van der Waals surface area contributed by atoms with Crippen LogP contribution in [0.25, 0.3) is 0 Å². The highest BCUT2D eigenvalue weighted by Crippen LogP contribution is 2.38. The van der Waals surface area contributed by atoms with Crippen LogP contribution in [0.4, 0.5) is 0 Å². The molecule has 0 saturated carbocycles. The highest BCUT2D eigenvalue weighted by atomic mass is 127. The molecule has 0 spiro atoms. The van der Waals surface area contributed by atoms with Crippen molar-refractivity contribution in [1.82, 2.24) is 20.4 Å². The maximum absolute atomic E-state index is 5.49. The van der Waals surface area contributed by atoms with Gasteiger partial charge in [0.15, 0.2) is 17.5 Å². The van der Waals surface area contributed by atoms with Crippen LogP contribution < -0.4 is 24.8 Å². The molecule has 9 heteroatoms. The van der Waals surface area contributed by atoms with Gasteiger partial charge in [-0.3, -0.25) is 9.89 Å². The number of hydrogen-bond acceptors (Lipinski definition) is 6. The van der Waals surface area contributed by atoms with Gasteiger partial charge in [-0.2, -0.15) is 0 Å². The van der Waals surface area contributed by atoms with E-state index in [9.17, 15) is 0 Å². The van der Waals surface area contributed by atoms with E-state index in [4.69, 9.17) is 19.2 Å². The minimum Gasteiger partial charge on any atom is -0.493 e. The van der Waals surface area contributed by atoms with Crippen molar-refractivity contribution in [3.8, 4) is 17.2 Å². The molecule has 1 heterocycles. The number of nitrogens with zero attached hydrogens (tertiary/aromatic N) is 3. The fraction of sp³-hybridized carbons (Fsp3) is 0.696. The highest BCUT2D eigenvalue weighted by molar-refractivity contribution is 14.0. The zero-order valence-corrected chi connectivity index (χ0v) is 23.1. The molecule has 1 aromatic rings. The summed E-state index contributed by atoms with van der Waals surface area (Å²) in [5.41, 5.74) is 1.27. The van der Waals surface area contributed by atoms with Gasteiger partial charge in [-0.25, -0.2) is 0 Å². The molecule has 0 aromatic heterocycles. The first-order valence-corrected chi connectivity index (χ1v) is 11.1. The molecule has 0 aliphatic carbocycles. The Balaban J connectivity index is 0.00000512. The van der Waals surface area contributed by atoms with Crippen molar-refractivity contribution >= 4 is 29.9 Å². The Morgan fingerprint density at radius 3 is 2.06 bits per heavy atom. The van der Waals surface area contributed by atoms with E-state index in [1.165, 1.54) is 0 Å². The molecule has 1 fully saturated rings. The molecule has 2 rings (SSSR count). The van der Waals surface area contributed by atoms with Crippen molar-refractivity contribution in [3.63, 3.8) is 0 Å². The van der Waals surface area contributed by atoms with Crippen LogP contribution in [-0.2, 0) is 6.54 Å². The number of halogens is 1. The third kappa shape index (κ3) is 8.82. The van der Waals surface area contributed by atoms with E-state index in [1.807, 2.05) is 12.1 Å². The monoisotopic (exact) mass is 563 g/mol. The second-order valence-electron chi connectivity index (χ2n) is 8.71. The molecular weight excluding hydrogens is 521 g/mol. The Hall–Kier alpha value is -1.46. The van der Waals surface area contributed by atoms with Gasteiger partial charge < -0.3 is 29.7 Å². The molecule has 1 aliphatic rings. The molecule has 184 valence electrons. The Morgan fingerprint density at radius 1 is 1.00 bits per heavy atom. The lowest BCUT2D eigenvalue weighted by Crippen LogP contribution is -2.52. The van der Waals surface area contributed by atoms with Crippen LogP contribution >= 0.6 is 24.0 Å². The minimum absolute atomic E-state index is 0. The van der Waals surface area contributed by atoms with E-state index >= 15 is 0 Å². The number of methoxy groups -OCH3 is 3. The van der Waals surface area contributed by atoms with Gasteiger partial charge in [0.05, 0.1) is 27.9 Å². The third-order valence-corrected chi connectivity index (χ3v) is 5.17. The van der Waals surface area contributed by atoms with Crippen LogP contribution in [0.3, 0.4) is 0 Å². The fourth-order valence-electron chi connectivity index (χ4n) is 3.62. The number of aliphatic imine (C=N–C) groups is 1. The Kier molecular flexibility index (Phi) is 12.5. The zero-order chi connectivity index (χ0) is 22.9. The van der Waals surface area contributed by atoms with Gasteiger partial charge in [0.1, 0.15) is 0 Å². The second-order valence-corrected chi connectivity index (χ2v) is 8.71. The lowest BCUT2D eigenvalue weighted by Gasteiger charge is -2.36. The maximum Gasteiger partial charge on any atom is 0.203 e. The Morgan fingerprint density at radius 2 is 1.59 bits per heavy atom. The zero-order valence-electron chi connectivity index (χ0n) is 20.8. The summed E-state index contributed by atoms with van der Waals surface area (Å²) < 4.78 is 16.4. The number of ether oxygens (including phenoxy) is 3. The molecule has 8 nitrogen and oxygen atoms in total. The summed E-state index contributed by atoms with van der Waals surface area (Å²) in [6.07, 6.45) is 0. The van der Waals surface area contributed by atoms with E-state index < -0.39 is 0 Å². The molecule has 1 aromatic carbocycles. The first kappa shape index (κ1) is 28.6. The quantitative estimate of drug-likeness (QED) is 0.207. The van der Waals surface area contributed by atoms with Crippen molar-refractivity contribution in [2.24, 2.45) is 4.99 Å². The lowest BCUT2D eigenvalue weighted by atomic mass is 10.1. The summed E-state index contributed by atoms with van der Waals surface area (Å²) in [6, 6.07) is 4.06. The third-order valence-electron chi connectivity index (χ3n) is 5.17. The second kappa shape index (κ2) is 13.9.